The molecule has 2 N–H and O–H groups in total. The second-order valence-corrected chi connectivity index (χ2v) is 4.41. The molecule has 0 bridgehead atoms. The SMILES string of the molecule is COc1ccc(OC)c(C(=O)C2(N)CCC2)c1. The summed E-state index contributed by atoms with van der Waals surface area (Å²) in [4.78, 5) is 12.3. The summed E-state index contributed by atoms with van der Waals surface area (Å²) < 4.78 is 10.3. The molecule has 1 saturated carbocycles. The van der Waals surface area contributed by atoms with E-state index in [1.807, 2.05) is 0 Å². The molecular weight excluding hydrogens is 218 g/mol. The summed E-state index contributed by atoms with van der Waals surface area (Å²) in [6.07, 6.45) is 2.49. The molecule has 0 radical (unpaired) electrons. The molecule has 0 aromatic heterocycles. The van der Waals surface area contributed by atoms with Crippen molar-refractivity contribution in [2.75, 3.05) is 14.2 Å². The van der Waals surface area contributed by atoms with Gasteiger partial charge in [0.2, 0.25) is 0 Å². The summed E-state index contributed by atoms with van der Waals surface area (Å²) >= 11 is 0. The Labute approximate surface area is 101 Å². The molecule has 0 spiro atoms. The maximum Gasteiger partial charge on any atom is 0.186 e. The predicted octanol–water partition coefficient (Wildman–Crippen LogP) is 1.77. The third-order valence-electron chi connectivity index (χ3n) is 3.35. The standard InChI is InChI=1S/C13H17NO3/c1-16-9-4-5-11(17-2)10(8-9)12(15)13(14)6-3-7-13/h4-5,8H,3,6-7,14H2,1-2H3. The fourth-order valence-corrected chi connectivity index (χ4v) is 2.04. The summed E-state index contributed by atoms with van der Waals surface area (Å²) in [5, 5.41) is 0. The normalized spacial score (nSPS) is 17.1. The Hall–Kier alpha value is -1.55. The minimum absolute atomic E-state index is 0.0560. The molecule has 1 aliphatic rings. The van der Waals surface area contributed by atoms with Gasteiger partial charge in [-0.05, 0) is 37.5 Å². The van der Waals surface area contributed by atoms with E-state index in [4.69, 9.17) is 15.2 Å². The number of ketones is 1. The Balaban J connectivity index is 2.38. The van der Waals surface area contributed by atoms with Gasteiger partial charge in [-0.1, -0.05) is 0 Å². The van der Waals surface area contributed by atoms with Crippen LogP contribution in [-0.4, -0.2) is 25.5 Å². The molecule has 1 aromatic rings. The van der Waals surface area contributed by atoms with Crippen molar-refractivity contribution in [3.63, 3.8) is 0 Å². The van der Waals surface area contributed by atoms with E-state index < -0.39 is 5.54 Å². The summed E-state index contributed by atoms with van der Waals surface area (Å²) in [7, 11) is 3.11. The van der Waals surface area contributed by atoms with Crippen LogP contribution in [0.3, 0.4) is 0 Å². The Morgan fingerprint density at radius 1 is 1.29 bits per heavy atom. The van der Waals surface area contributed by atoms with E-state index in [9.17, 15) is 4.79 Å². The van der Waals surface area contributed by atoms with E-state index in [-0.39, 0.29) is 5.78 Å². The molecule has 0 amide bonds. The molecule has 0 aliphatic heterocycles. The van der Waals surface area contributed by atoms with E-state index in [1.54, 1.807) is 32.4 Å². The highest BCUT2D eigenvalue weighted by molar-refractivity contribution is 6.06. The third kappa shape index (κ3) is 2.00. The predicted molar refractivity (Wildman–Crippen MR) is 64.6 cm³/mol. The topological polar surface area (TPSA) is 61.5 Å². The lowest BCUT2D eigenvalue weighted by molar-refractivity contribution is 0.0797. The second-order valence-electron chi connectivity index (χ2n) is 4.41. The van der Waals surface area contributed by atoms with Crippen LogP contribution in [-0.2, 0) is 0 Å². The van der Waals surface area contributed by atoms with Gasteiger partial charge in [-0.25, -0.2) is 0 Å². The van der Waals surface area contributed by atoms with Crippen molar-refractivity contribution in [3.8, 4) is 11.5 Å². The van der Waals surface area contributed by atoms with Crippen LogP contribution in [0.4, 0.5) is 0 Å². The molecule has 0 unspecified atom stereocenters. The number of ether oxygens (including phenoxy) is 2. The molecule has 92 valence electrons. The van der Waals surface area contributed by atoms with Crippen molar-refractivity contribution in [2.45, 2.75) is 24.8 Å². The highest BCUT2D eigenvalue weighted by Gasteiger charge is 2.41. The number of methoxy groups -OCH3 is 2. The molecule has 0 atom stereocenters. The summed E-state index contributed by atoms with van der Waals surface area (Å²) in [6.45, 7) is 0. The first-order valence-electron chi connectivity index (χ1n) is 5.66. The molecule has 1 fully saturated rings. The smallest absolute Gasteiger partial charge is 0.186 e. The summed E-state index contributed by atoms with van der Waals surface area (Å²) in [5.41, 5.74) is 5.85. The van der Waals surface area contributed by atoms with Gasteiger partial charge in [0.15, 0.2) is 5.78 Å². The molecule has 4 heteroatoms. The van der Waals surface area contributed by atoms with Crippen LogP contribution in [0.15, 0.2) is 18.2 Å². The van der Waals surface area contributed by atoms with Crippen LogP contribution in [0, 0.1) is 0 Å². The first-order chi connectivity index (χ1) is 8.10. The lowest BCUT2D eigenvalue weighted by atomic mass is 9.72. The number of hydrogen-bond acceptors (Lipinski definition) is 4. The molecule has 1 aromatic carbocycles. The summed E-state index contributed by atoms with van der Waals surface area (Å²) in [6, 6.07) is 5.18. The van der Waals surface area contributed by atoms with Crippen molar-refractivity contribution in [1.29, 1.82) is 0 Å². The van der Waals surface area contributed by atoms with E-state index in [0.717, 1.165) is 19.3 Å². The van der Waals surface area contributed by atoms with Gasteiger partial charge in [-0.3, -0.25) is 4.79 Å². The average molecular weight is 235 g/mol. The van der Waals surface area contributed by atoms with Crippen LogP contribution in [0.1, 0.15) is 29.6 Å². The monoisotopic (exact) mass is 235 g/mol. The van der Waals surface area contributed by atoms with Gasteiger partial charge in [0.05, 0.1) is 25.3 Å². The second kappa shape index (κ2) is 4.37. The zero-order chi connectivity index (χ0) is 12.5. The number of benzene rings is 1. The van der Waals surface area contributed by atoms with Crippen LogP contribution < -0.4 is 15.2 Å². The van der Waals surface area contributed by atoms with Crippen LogP contribution in [0.5, 0.6) is 11.5 Å². The number of carbonyl (C=O) groups is 1. The first kappa shape index (κ1) is 11.9. The highest BCUT2D eigenvalue weighted by Crippen LogP contribution is 2.35. The molecule has 2 rings (SSSR count). The Bertz CT molecular complexity index is 438. The molecular formula is C13H17NO3. The lowest BCUT2D eigenvalue weighted by Crippen LogP contribution is -2.53. The lowest BCUT2D eigenvalue weighted by Gasteiger charge is -2.36. The number of rotatable bonds is 4. The van der Waals surface area contributed by atoms with Crippen molar-refractivity contribution in [3.05, 3.63) is 23.8 Å². The molecule has 0 heterocycles. The maximum atomic E-state index is 12.3. The van der Waals surface area contributed by atoms with Crippen LogP contribution in [0.2, 0.25) is 0 Å². The fraction of sp³-hybridized carbons (Fsp3) is 0.462. The largest absolute Gasteiger partial charge is 0.497 e. The Morgan fingerprint density at radius 3 is 2.47 bits per heavy atom. The zero-order valence-electron chi connectivity index (χ0n) is 10.2. The van der Waals surface area contributed by atoms with E-state index in [0.29, 0.717) is 17.1 Å². The molecule has 0 saturated heterocycles. The van der Waals surface area contributed by atoms with Gasteiger partial charge in [-0.2, -0.15) is 0 Å². The summed E-state index contributed by atoms with van der Waals surface area (Å²) in [5.74, 6) is 1.13. The average Bonchev–Trinajstić information content (AvgIpc) is 2.34. The van der Waals surface area contributed by atoms with Crippen molar-refractivity contribution in [2.24, 2.45) is 5.73 Å². The van der Waals surface area contributed by atoms with Gasteiger partial charge in [0, 0.05) is 0 Å². The molecule has 4 nitrogen and oxygen atoms in total. The number of hydrogen-bond donors (Lipinski definition) is 1. The maximum absolute atomic E-state index is 12.3. The minimum atomic E-state index is -0.709. The van der Waals surface area contributed by atoms with Gasteiger partial charge in [0.1, 0.15) is 11.5 Å². The van der Waals surface area contributed by atoms with Gasteiger partial charge in [-0.15, -0.1) is 0 Å². The van der Waals surface area contributed by atoms with Crippen molar-refractivity contribution < 1.29 is 14.3 Å². The fourth-order valence-electron chi connectivity index (χ4n) is 2.04. The number of Topliss-reactive ketones (excluding diaryl/α,β-unsaturated/α-hetero) is 1. The van der Waals surface area contributed by atoms with Gasteiger partial charge >= 0.3 is 0 Å². The van der Waals surface area contributed by atoms with Crippen LogP contribution >= 0.6 is 0 Å². The number of nitrogens with two attached hydrogens (primary N) is 1. The quantitative estimate of drug-likeness (QED) is 0.808. The Morgan fingerprint density at radius 2 is 2.00 bits per heavy atom. The first-order valence-corrected chi connectivity index (χ1v) is 5.66. The molecule has 17 heavy (non-hydrogen) atoms. The Kier molecular flexibility index (Phi) is 3.07. The van der Waals surface area contributed by atoms with E-state index >= 15 is 0 Å². The van der Waals surface area contributed by atoms with Crippen molar-refractivity contribution >= 4 is 5.78 Å². The van der Waals surface area contributed by atoms with E-state index in [1.165, 1.54) is 0 Å². The zero-order valence-corrected chi connectivity index (χ0v) is 10.2. The van der Waals surface area contributed by atoms with Crippen LogP contribution in [0.25, 0.3) is 0 Å². The third-order valence-corrected chi connectivity index (χ3v) is 3.35. The highest BCUT2D eigenvalue weighted by atomic mass is 16.5. The minimum Gasteiger partial charge on any atom is -0.497 e. The molecule has 1 aliphatic carbocycles. The van der Waals surface area contributed by atoms with Crippen molar-refractivity contribution in [1.82, 2.24) is 0 Å². The van der Waals surface area contributed by atoms with Gasteiger partial charge < -0.3 is 15.2 Å². The van der Waals surface area contributed by atoms with Gasteiger partial charge in [0.25, 0.3) is 0 Å². The van der Waals surface area contributed by atoms with E-state index in [2.05, 4.69) is 0 Å². The number of carbonyl (C=O) groups excluding carboxylic acids is 1.